The van der Waals surface area contributed by atoms with Gasteiger partial charge in [-0.05, 0) is 18.2 Å². The van der Waals surface area contributed by atoms with Crippen LogP contribution in [0.2, 0.25) is 0 Å². The zero-order chi connectivity index (χ0) is 11.7. The van der Waals surface area contributed by atoms with Crippen molar-refractivity contribution < 1.29 is 0 Å². The van der Waals surface area contributed by atoms with E-state index in [1.165, 1.54) is 0 Å². The Bertz CT molecular complexity index is 485. The Hall–Kier alpha value is -0.680. The van der Waals surface area contributed by atoms with Gasteiger partial charge >= 0.3 is 0 Å². The van der Waals surface area contributed by atoms with Crippen molar-refractivity contribution in [2.45, 2.75) is 19.8 Å². The first-order valence-electron chi connectivity index (χ1n) is 4.95. The molecule has 1 aromatic heterocycles. The fraction of sp³-hybridized carbons (Fsp3) is 0.273. The van der Waals surface area contributed by atoms with Crippen LogP contribution in [0.4, 0.5) is 0 Å². The van der Waals surface area contributed by atoms with E-state index < -0.39 is 0 Å². The second kappa shape index (κ2) is 4.67. The molecule has 0 radical (unpaired) electrons. The summed E-state index contributed by atoms with van der Waals surface area (Å²) in [6.45, 7) is 4.17. The number of aromatic amines is 1. The number of halogens is 2. The third-order valence-corrected chi connectivity index (χ3v) is 3.09. The zero-order valence-electron chi connectivity index (χ0n) is 8.96. The smallest absolute Gasteiger partial charge is 0.181 e. The molecule has 3 nitrogen and oxygen atoms in total. The Morgan fingerprint density at radius 1 is 1.12 bits per heavy atom. The normalized spacial score (nSPS) is 11.1. The molecule has 1 aromatic carbocycles. The van der Waals surface area contributed by atoms with Crippen molar-refractivity contribution in [1.29, 1.82) is 0 Å². The Morgan fingerprint density at radius 2 is 1.75 bits per heavy atom. The highest BCUT2D eigenvalue weighted by Crippen LogP contribution is 2.26. The monoisotopic (exact) mass is 343 g/mol. The summed E-state index contributed by atoms with van der Waals surface area (Å²) in [7, 11) is 0. The van der Waals surface area contributed by atoms with Crippen molar-refractivity contribution in [2.24, 2.45) is 0 Å². The molecule has 2 rings (SSSR count). The summed E-state index contributed by atoms with van der Waals surface area (Å²) in [5.41, 5.74) is 0.990. The molecule has 0 spiro atoms. The first-order valence-corrected chi connectivity index (χ1v) is 6.53. The fourth-order valence-corrected chi connectivity index (χ4v) is 2.64. The van der Waals surface area contributed by atoms with Gasteiger partial charge < -0.3 is 0 Å². The lowest BCUT2D eigenvalue weighted by Gasteiger charge is -1.99. The zero-order valence-corrected chi connectivity index (χ0v) is 12.1. The van der Waals surface area contributed by atoms with Crippen molar-refractivity contribution in [3.05, 3.63) is 33.0 Å². The van der Waals surface area contributed by atoms with Gasteiger partial charge in [0, 0.05) is 20.4 Å². The molecule has 0 bridgehead atoms. The minimum Gasteiger partial charge on any atom is -0.262 e. The fourth-order valence-electron chi connectivity index (χ4n) is 1.34. The SMILES string of the molecule is CC(C)c1nc(-c2cc(Br)cc(Br)c2)n[nH]1. The molecule has 0 saturated heterocycles. The maximum absolute atomic E-state index is 4.45. The molecule has 0 aliphatic heterocycles. The summed E-state index contributed by atoms with van der Waals surface area (Å²) in [5.74, 6) is 1.99. The maximum atomic E-state index is 4.45. The number of rotatable bonds is 2. The van der Waals surface area contributed by atoms with Gasteiger partial charge in [0.25, 0.3) is 0 Å². The molecule has 1 heterocycles. The molecule has 1 N–H and O–H groups in total. The molecule has 5 heteroatoms. The van der Waals surface area contributed by atoms with Crippen LogP contribution in [0.15, 0.2) is 27.1 Å². The molecule has 0 aliphatic rings. The Balaban J connectivity index is 2.42. The number of nitrogens with one attached hydrogen (secondary N) is 1. The number of aromatic nitrogens is 3. The number of benzene rings is 1. The summed E-state index contributed by atoms with van der Waals surface area (Å²) in [4.78, 5) is 4.45. The van der Waals surface area contributed by atoms with Gasteiger partial charge in [0.2, 0.25) is 0 Å². The molecular weight excluding hydrogens is 334 g/mol. The lowest BCUT2D eigenvalue weighted by atomic mass is 10.2. The average Bonchev–Trinajstić information content (AvgIpc) is 2.64. The highest BCUT2D eigenvalue weighted by Gasteiger charge is 2.09. The van der Waals surface area contributed by atoms with Gasteiger partial charge in [-0.2, -0.15) is 5.10 Å². The topological polar surface area (TPSA) is 41.6 Å². The molecule has 0 aliphatic carbocycles. The van der Waals surface area contributed by atoms with E-state index in [-0.39, 0.29) is 0 Å². The van der Waals surface area contributed by atoms with Gasteiger partial charge in [-0.15, -0.1) is 0 Å². The molecular formula is C11H11Br2N3. The number of H-pyrrole nitrogens is 1. The number of nitrogens with zero attached hydrogens (tertiary/aromatic N) is 2. The minimum absolute atomic E-state index is 0.358. The summed E-state index contributed by atoms with van der Waals surface area (Å²) in [6.07, 6.45) is 0. The average molecular weight is 345 g/mol. The van der Waals surface area contributed by atoms with E-state index in [4.69, 9.17) is 0 Å². The lowest BCUT2D eigenvalue weighted by molar-refractivity contribution is 0.781. The minimum atomic E-state index is 0.358. The first kappa shape index (κ1) is 11.8. The molecule has 84 valence electrons. The molecule has 2 aromatic rings. The second-order valence-corrected chi connectivity index (χ2v) is 5.69. The Labute approximate surface area is 111 Å². The summed E-state index contributed by atoms with van der Waals surface area (Å²) >= 11 is 6.90. The van der Waals surface area contributed by atoms with Crippen LogP contribution in [-0.4, -0.2) is 15.2 Å². The molecule has 0 atom stereocenters. The Kier molecular flexibility index (Phi) is 3.44. The maximum Gasteiger partial charge on any atom is 0.181 e. The van der Waals surface area contributed by atoms with Crippen LogP contribution in [0, 0.1) is 0 Å². The quantitative estimate of drug-likeness (QED) is 0.890. The van der Waals surface area contributed by atoms with Crippen LogP contribution >= 0.6 is 31.9 Å². The third-order valence-electron chi connectivity index (χ3n) is 2.17. The predicted molar refractivity (Wildman–Crippen MR) is 71.3 cm³/mol. The van der Waals surface area contributed by atoms with Crippen molar-refractivity contribution >= 4 is 31.9 Å². The second-order valence-electron chi connectivity index (χ2n) is 3.86. The lowest BCUT2D eigenvalue weighted by Crippen LogP contribution is -1.89. The third kappa shape index (κ3) is 2.52. The summed E-state index contributed by atoms with van der Waals surface area (Å²) < 4.78 is 2.01. The van der Waals surface area contributed by atoms with Gasteiger partial charge in [0.1, 0.15) is 5.82 Å². The van der Waals surface area contributed by atoms with Gasteiger partial charge in [-0.3, -0.25) is 5.10 Å². The number of hydrogen-bond donors (Lipinski definition) is 1. The van der Waals surface area contributed by atoms with Crippen LogP contribution in [0.5, 0.6) is 0 Å². The standard InChI is InChI=1S/C11H11Br2N3/c1-6(2)10-14-11(16-15-10)7-3-8(12)5-9(13)4-7/h3-6H,1-2H3,(H,14,15,16). The Morgan fingerprint density at radius 3 is 2.25 bits per heavy atom. The van der Waals surface area contributed by atoms with E-state index in [2.05, 4.69) is 60.9 Å². The van der Waals surface area contributed by atoms with E-state index in [9.17, 15) is 0 Å². The van der Waals surface area contributed by atoms with Gasteiger partial charge in [0.15, 0.2) is 5.82 Å². The molecule has 16 heavy (non-hydrogen) atoms. The van der Waals surface area contributed by atoms with Crippen molar-refractivity contribution in [1.82, 2.24) is 15.2 Å². The van der Waals surface area contributed by atoms with Crippen LogP contribution in [0.25, 0.3) is 11.4 Å². The van der Waals surface area contributed by atoms with Gasteiger partial charge in [0.05, 0.1) is 0 Å². The van der Waals surface area contributed by atoms with Crippen LogP contribution in [-0.2, 0) is 0 Å². The van der Waals surface area contributed by atoms with E-state index in [1.807, 2.05) is 18.2 Å². The summed E-state index contributed by atoms with van der Waals surface area (Å²) in [6, 6.07) is 5.98. The van der Waals surface area contributed by atoms with Crippen molar-refractivity contribution in [3.63, 3.8) is 0 Å². The molecule has 0 saturated carbocycles. The highest BCUT2D eigenvalue weighted by molar-refractivity contribution is 9.11. The molecule has 0 unspecified atom stereocenters. The molecule has 0 amide bonds. The first-order chi connectivity index (χ1) is 7.56. The van der Waals surface area contributed by atoms with Crippen molar-refractivity contribution in [3.8, 4) is 11.4 Å². The number of hydrogen-bond acceptors (Lipinski definition) is 2. The summed E-state index contributed by atoms with van der Waals surface area (Å²) in [5, 5.41) is 7.16. The van der Waals surface area contributed by atoms with E-state index in [0.717, 1.165) is 26.2 Å². The van der Waals surface area contributed by atoms with Crippen molar-refractivity contribution in [2.75, 3.05) is 0 Å². The van der Waals surface area contributed by atoms with E-state index >= 15 is 0 Å². The largest absolute Gasteiger partial charge is 0.262 e. The van der Waals surface area contributed by atoms with Crippen LogP contribution < -0.4 is 0 Å². The predicted octanol–water partition coefficient (Wildman–Crippen LogP) is 4.12. The molecule has 0 fully saturated rings. The van der Waals surface area contributed by atoms with Crippen LogP contribution in [0.1, 0.15) is 25.6 Å². The highest BCUT2D eigenvalue weighted by atomic mass is 79.9. The van der Waals surface area contributed by atoms with E-state index in [1.54, 1.807) is 0 Å². The van der Waals surface area contributed by atoms with Gasteiger partial charge in [-0.1, -0.05) is 45.7 Å². The van der Waals surface area contributed by atoms with Crippen LogP contribution in [0.3, 0.4) is 0 Å². The van der Waals surface area contributed by atoms with Gasteiger partial charge in [-0.25, -0.2) is 4.98 Å². The van der Waals surface area contributed by atoms with E-state index in [0.29, 0.717) is 5.92 Å².